The van der Waals surface area contributed by atoms with Crippen molar-refractivity contribution in [3.8, 4) is 17.2 Å². The van der Waals surface area contributed by atoms with Crippen LogP contribution < -0.4 is 14.2 Å². The molecule has 1 aliphatic rings. The molecule has 0 amide bonds. The zero-order valence-electron chi connectivity index (χ0n) is 11.8. The summed E-state index contributed by atoms with van der Waals surface area (Å²) in [4.78, 5) is 11.8. The number of aliphatic hydroxyl groups is 1. The molecule has 1 aromatic rings. The molecule has 1 aromatic carbocycles. The Morgan fingerprint density at radius 2 is 2.19 bits per heavy atom. The van der Waals surface area contributed by atoms with Gasteiger partial charge in [-0.15, -0.1) is 0 Å². The van der Waals surface area contributed by atoms with E-state index in [1.54, 1.807) is 13.0 Å². The second kappa shape index (κ2) is 6.87. The predicted molar refractivity (Wildman–Crippen MR) is 75.2 cm³/mol. The third kappa shape index (κ3) is 3.16. The molecule has 2 rings (SSSR count). The number of carbonyl (C=O) groups excluding carboxylic acids is 1. The second-order valence-corrected chi connectivity index (χ2v) is 4.74. The fourth-order valence-electron chi connectivity index (χ4n) is 2.08. The predicted octanol–water partition coefficient (Wildman–Crippen LogP) is 2.11. The minimum Gasteiger partial charge on any atom is -0.495 e. The molecule has 0 saturated carbocycles. The topological polar surface area (TPSA) is 74.2 Å². The van der Waals surface area contributed by atoms with Crippen LogP contribution in [0.3, 0.4) is 0 Å². The van der Waals surface area contributed by atoms with Crippen molar-refractivity contribution in [1.29, 1.82) is 0 Å². The SMILES string of the molecule is CCOC(=O)C(O)c1c(OC)c(Cl)cc2c1OCCCO2. The third-order valence-electron chi connectivity index (χ3n) is 2.97. The molecule has 0 fully saturated rings. The van der Waals surface area contributed by atoms with Gasteiger partial charge in [0, 0.05) is 12.5 Å². The van der Waals surface area contributed by atoms with E-state index in [0.29, 0.717) is 25.4 Å². The first kappa shape index (κ1) is 15.7. The fourth-order valence-corrected chi connectivity index (χ4v) is 2.35. The lowest BCUT2D eigenvalue weighted by Crippen LogP contribution is -2.17. The standard InChI is InChI=1S/C14H17ClO6/c1-3-19-14(17)11(16)10-12(18-2)8(15)7-9-13(10)21-6-4-5-20-9/h7,11,16H,3-6H2,1-2H3. The third-order valence-corrected chi connectivity index (χ3v) is 3.25. The Morgan fingerprint density at radius 3 is 2.86 bits per heavy atom. The normalized spacial score (nSPS) is 15.0. The van der Waals surface area contributed by atoms with Crippen LogP contribution >= 0.6 is 11.6 Å². The van der Waals surface area contributed by atoms with E-state index >= 15 is 0 Å². The highest BCUT2D eigenvalue weighted by Crippen LogP contribution is 2.47. The van der Waals surface area contributed by atoms with E-state index < -0.39 is 12.1 Å². The van der Waals surface area contributed by atoms with Gasteiger partial charge in [0.1, 0.15) is 5.75 Å². The first-order valence-corrected chi connectivity index (χ1v) is 6.98. The monoisotopic (exact) mass is 316 g/mol. The van der Waals surface area contributed by atoms with E-state index in [0.717, 1.165) is 0 Å². The first-order chi connectivity index (χ1) is 10.1. The maximum atomic E-state index is 11.8. The summed E-state index contributed by atoms with van der Waals surface area (Å²) in [5, 5.41) is 10.5. The Kier molecular flexibility index (Phi) is 5.14. The van der Waals surface area contributed by atoms with Crippen molar-refractivity contribution >= 4 is 17.6 Å². The lowest BCUT2D eigenvalue weighted by atomic mass is 10.1. The molecule has 0 saturated heterocycles. The lowest BCUT2D eigenvalue weighted by molar-refractivity contribution is -0.153. The number of methoxy groups -OCH3 is 1. The number of aliphatic hydroxyl groups excluding tert-OH is 1. The van der Waals surface area contributed by atoms with Crippen molar-refractivity contribution in [3.05, 3.63) is 16.7 Å². The van der Waals surface area contributed by atoms with Gasteiger partial charge in [0.2, 0.25) is 0 Å². The Labute approximate surface area is 127 Å². The van der Waals surface area contributed by atoms with Gasteiger partial charge >= 0.3 is 5.97 Å². The van der Waals surface area contributed by atoms with Crippen molar-refractivity contribution in [3.63, 3.8) is 0 Å². The van der Waals surface area contributed by atoms with E-state index in [1.165, 1.54) is 7.11 Å². The van der Waals surface area contributed by atoms with E-state index in [9.17, 15) is 9.90 Å². The molecule has 0 bridgehead atoms. The van der Waals surface area contributed by atoms with Crippen molar-refractivity contribution in [1.82, 2.24) is 0 Å². The van der Waals surface area contributed by atoms with Gasteiger partial charge in [-0.2, -0.15) is 0 Å². The van der Waals surface area contributed by atoms with Gasteiger partial charge in [-0.3, -0.25) is 0 Å². The van der Waals surface area contributed by atoms with Crippen LogP contribution in [0.1, 0.15) is 25.0 Å². The Bertz CT molecular complexity index is 531. The largest absolute Gasteiger partial charge is 0.495 e. The number of hydrogen-bond acceptors (Lipinski definition) is 6. The van der Waals surface area contributed by atoms with E-state index in [4.69, 9.17) is 30.5 Å². The van der Waals surface area contributed by atoms with Gasteiger partial charge in [-0.05, 0) is 6.92 Å². The summed E-state index contributed by atoms with van der Waals surface area (Å²) in [7, 11) is 1.40. The molecule has 1 N–H and O–H groups in total. The summed E-state index contributed by atoms with van der Waals surface area (Å²) in [5.74, 6) is 0.000495. The molecule has 0 spiro atoms. The average Bonchev–Trinajstić information content (AvgIpc) is 2.70. The number of hydrogen-bond donors (Lipinski definition) is 1. The first-order valence-electron chi connectivity index (χ1n) is 6.60. The minimum atomic E-state index is -1.56. The van der Waals surface area contributed by atoms with Gasteiger partial charge in [0.05, 0.1) is 37.5 Å². The zero-order valence-corrected chi connectivity index (χ0v) is 12.6. The summed E-state index contributed by atoms with van der Waals surface area (Å²) >= 11 is 6.12. The Hall–Kier alpha value is -1.66. The highest BCUT2D eigenvalue weighted by atomic mass is 35.5. The molecule has 0 aliphatic carbocycles. The van der Waals surface area contributed by atoms with Crippen molar-refractivity contribution in [2.45, 2.75) is 19.4 Å². The quantitative estimate of drug-likeness (QED) is 0.858. The highest BCUT2D eigenvalue weighted by molar-refractivity contribution is 6.32. The average molecular weight is 317 g/mol. The van der Waals surface area contributed by atoms with Gasteiger partial charge < -0.3 is 24.1 Å². The van der Waals surface area contributed by atoms with Crippen LogP contribution in [0.5, 0.6) is 17.2 Å². The minimum absolute atomic E-state index is 0.125. The maximum absolute atomic E-state index is 11.8. The summed E-state index contributed by atoms with van der Waals surface area (Å²) < 4.78 is 21.2. The molecule has 1 atom stereocenters. The molecule has 116 valence electrons. The summed E-state index contributed by atoms with van der Waals surface area (Å²) in [6, 6.07) is 1.54. The Morgan fingerprint density at radius 1 is 1.48 bits per heavy atom. The molecule has 1 aliphatic heterocycles. The molecule has 0 radical (unpaired) electrons. The summed E-state index contributed by atoms with van der Waals surface area (Å²) in [5.41, 5.74) is 0.125. The van der Waals surface area contributed by atoms with Crippen LogP contribution in [0.4, 0.5) is 0 Å². The van der Waals surface area contributed by atoms with Crippen LogP contribution in [-0.2, 0) is 9.53 Å². The molecule has 1 unspecified atom stereocenters. The van der Waals surface area contributed by atoms with Crippen LogP contribution in [-0.4, -0.2) is 38.0 Å². The highest BCUT2D eigenvalue weighted by Gasteiger charge is 2.32. The molecular weight excluding hydrogens is 300 g/mol. The van der Waals surface area contributed by atoms with Gasteiger partial charge in [-0.1, -0.05) is 11.6 Å². The lowest BCUT2D eigenvalue weighted by Gasteiger charge is -2.20. The number of rotatable bonds is 4. The van der Waals surface area contributed by atoms with Crippen LogP contribution in [0.25, 0.3) is 0 Å². The molecule has 21 heavy (non-hydrogen) atoms. The second-order valence-electron chi connectivity index (χ2n) is 4.34. The number of esters is 1. The number of halogens is 1. The van der Waals surface area contributed by atoms with Crippen molar-refractivity contribution in [2.75, 3.05) is 26.9 Å². The summed E-state index contributed by atoms with van der Waals surface area (Å²) in [6.07, 6.45) is -0.877. The van der Waals surface area contributed by atoms with Crippen molar-refractivity contribution < 1.29 is 28.8 Å². The van der Waals surface area contributed by atoms with E-state index in [2.05, 4.69) is 0 Å². The molecule has 7 heteroatoms. The number of carbonyl (C=O) groups is 1. The molecule has 0 aromatic heterocycles. The molecule has 6 nitrogen and oxygen atoms in total. The zero-order chi connectivity index (χ0) is 15.4. The maximum Gasteiger partial charge on any atom is 0.339 e. The van der Waals surface area contributed by atoms with Crippen LogP contribution in [0, 0.1) is 0 Å². The van der Waals surface area contributed by atoms with E-state index in [-0.39, 0.29) is 28.7 Å². The fraction of sp³-hybridized carbons (Fsp3) is 0.500. The number of fused-ring (bicyclic) bond motifs is 1. The Balaban J connectivity index is 2.55. The van der Waals surface area contributed by atoms with Gasteiger partial charge in [0.25, 0.3) is 0 Å². The van der Waals surface area contributed by atoms with Gasteiger partial charge in [-0.25, -0.2) is 4.79 Å². The molecule has 1 heterocycles. The van der Waals surface area contributed by atoms with Crippen molar-refractivity contribution in [2.24, 2.45) is 0 Å². The number of ether oxygens (including phenoxy) is 4. The van der Waals surface area contributed by atoms with Crippen LogP contribution in [0.15, 0.2) is 6.07 Å². The summed E-state index contributed by atoms with van der Waals surface area (Å²) in [6.45, 7) is 2.67. The number of benzene rings is 1. The van der Waals surface area contributed by atoms with E-state index in [1.807, 2.05) is 0 Å². The van der Waals surface area contributed by atoms with Gasteiger partial charge in [0.15, 0.2) is 17.6 Å². The smallest absolute Gasteiger partial charge is 0.339 e. The molecular formula is C14H17ClO6. The van der Waals surface area contributed by atoms with Crippen LogP contribution in [0.2, 0.25) is 5.02 Å².